The van der Waals surface area contributed by atoms with E-state index in [-0.39, 0.29) is 11.8 Å². The van der Waals surface area contributed by atoms with E-state index in [1.807, 2.05) is 23.6 Å². The molecule has 0 bridgehead atoms. The molecule has 0 spiro atoms. The molecule has 5 nitrogen and oxygen atoms in total. The quantitative estimate of drug-likeness (QED) is 0.816. The predicted octanol–water partition coefficient (Wildman–Crippen LogP) is 3.02. The van der Waals surface area contributed by atoms with Crippen molar-refractivity contribution < 1.29 is 14.3 Å². The molecule has 1 aliphatic heterocycles. The lowest BCUT2D eigenvalue weighted by Gasteiger charge is -2.31. The summed E-state index contributed by atoms with van der Waals surface area (Å²) in [6.45, 7) is 8.95. The van der Waals surface area contributed by atoms with Crippen LogP contribution in [0.3, 0.4) is 0 Å². The molecule has 0 aromatic heterocycles. The van der Waals surface area contributed by atoms with E-state index in [1.54, 1.807) is 7.11 Å². The topological polar surface area (TPSA) is 49.9 Å². The van der Waals surface area contributed by atoms with Crippen molar-refractivity contribution >= 4 is 11.8 Å². The van der Waals surface area contributed by atoms with Crippen molar-refractivity contribution in [2.75, 3.05) is 33.3 Å². The number of carbonyl (C=O) groups is 2. The molecule has 1 aromatic carbocycles. The van der Waals surface area contributed by atoms with Gasteiger partial charge in [-0.1, -0.05) is 12.5 Å². The van der Waals surface area contributed by atoms with E-state index in [2.05, 4.69) is 13.0 Å². The van der Waals surface area contributed by atoms with Crippen LogP contribution in [-0.4, -0.2) is 54.9 Å². The van der Waals surface area contributed by atoms with E-state index in [0.717, 1.165) is 60.4 Å². The molecular formula is C22H32N2O3. The number of amides is 2. The van der Waals surface area contributed by atoms with Gasteiger partial charge >= 0.3 is 0 Å². The van der Waals surface area contributed by atoms with Gasteiger partial charge in [0.05, 0.1) is 13.5 Å². The van der Waals surface area contributed by atoms with Gasteiger partial charge in [0.15, 0.2) is 0 Å². The van der Waals surface area contributed by atoms with E-state index < -0.39 is 0 Å². The van der Waals surface area contributed by atoms with Gasteiger partial charge < -0.3 is 14.5 Å². The first-order chi connectivity index (χ1) is 12.9. The summed E-state index contributed by atoms with van der Waals surface area (Å²) < 4.78 is 5.48. The third-order valence-corrected chi connectivity index (χ3v) is 6.29. The zero-order valence-electron chi connectivity index (χ0n) is 17.1. The smallest absolute Gasteiger partial charge is 0.227 e. The van der Waals surface area contributed by atoms with Gasteiger partial charge in [0, 0.05) is 32.1 Å². The summed E-state index contributed by atoms with van der Waals surface area (Å²) in [6.07, 6.45) is 4.52. The van der Waals surface area contributed by atoms with Crippen molar-refractivity contribution in [1.82, 2.24) is 9.80 Å². The van der Waals surface area contributed by atoms with Crippen LogP contribution in [0.25, 0.3) is 0 Å². The number of hydrogen-bond acceptors (Lipinski definition) is 3. The first kappa shape index (κ1) is 19.7. The van der Waals surface area contributed by atoms with E-state index in [9.17, 15) is 9.59 Å². The minimum absolute atomic E-state index is 0.153. The number of aryl methyl sites for hydroxylation is 1. The number of hydrogen-bond donors (Lipinski definition) is 0. The highest BCUT2D eigenvalue weighted by molar-refractivity contribution is 5.81. The molecular weight excluding hydrogens is 340 g/mol. The van der Waals surface area contributed by atoms with Gasteiger partial charge in [0.2, 0.25) is 11.8 Å². The van der Waals surface area contributed by atoms with Crippen molar-refractivity contribution in [2.45, 2.75) is 52.9 Å². The normalized spacial score (nSPS) is 18.1. The molecule has 2 amide bonds. The van der Waals surface area contributed by atoms with Gasteiger partial charge in [0.25, 0.3) is 0 Å². The molecule has 1 saturated heterocycles. The van der Waals surface area contributed by atoms with E-state index in [1.165, 1.54) is 6.42 Å². The molecule has 0 atom stereocenters. The third kappa shape index (κ3) is 4.12. The van der Waals surface area contributed by atoms with Crippen molar-refractivity contribution in [3.05, 3.63) is 28.3 Å². The zero-order chi connectivity index (χ0) is 19.6. The van der Waals surface area contributed by atoms with Crippen LogP contribution in [0.4, 0.5) is 0 Å². The summed E-state index contributed by atoms with van der Waals surface area (Å²) >= 11 is 0. The summed E-state index contributed by atoms with van der Waals surface area (Å²) in [6, 6.07) is 2.07. The van der Waals surface area contributed by atoms with Gasteiger partial charge in [-0.15, -0.1) is 0 Å². The Morgan fingerprint density at radius 3 is 2.30 bits per heavy atom. The molecule has 5 heteroatoms. The zero-order valence-corrected chi connectivity index (χ0v) is 17.1. The number of carbonyl (C=O) groups excluding carboxylic acids is 2. The number of methoxy groups -OCH3 is 1. The van der Waals surface area contributed by atoms with Gasteiger partial charge in [-0.3, -0.25) is 9.59 Å². The highest BCUT2D eigenvalue weighted by atomic mass is 16.5. The highest BCUT2D eigenvalue weighted by Crippen LogP contribution is 2.30. The summed E-state index contributed by atoms with van der Waals surface area (Å²) in [5, 5.41) is 0. The predicted molar refractivity (Wildman–Crippen MR) is 106 cm³/mol. The second kappa shape index (κ2) is 8.32. The van der Waals surface area contributed by atoms with Crippen molar-refractivity contribution in [3.63, 3.8) is 0 Å². The maximum absolute atomic E-state index is 12.9. The van der Waals surface area contributed by atoms with Crippen LogP contribution in [0.2, 0.25) is 0 Å². The Morgan fingerprint density at radius 2 is 1.67 bits per heavy atom. The van der Waals surface area contributed by atoms with E-state index in [0.29, 0.717) is 25.4 Å². The summed E-state index contributed by atoms with van der Waals surface area (Å²) in [5.41, 5.74) is 4.37. The Kier molecular flexibility index (Phi) is 6.08. The molecule has 3 rings (SSSR count). The number of ether oxygens (including phenoxy) is 1. The van der Waals surface area contributed by atoms with E-state index >= 15 is 0 Å². The average molecular weight is 373 g/mol. The first-order valence-corrected chi connectivity index (χ1v) is 10.1. The molecule has 0 unspecified atom stereocenters. The number of nitrogens with zero attached hydrogens (tertiary/aromatic N) is 2. The monoisotopic (exact) mass is 372 g/mol. The first-order valence-electron chi connectivity index (χ1n) is 10.1. The molecule has 1 heterocycles. The van der Waals surface area contributed by atoms with Crippen molar-refractivity contribution in [2.24, 2.45) is 5.92 Å². The lowest BCUT2D eigenvalue weighted by atomic mass is 9.84. The SMILES string of the molecule is COc1c(C)cc(CC(=O)N2CCCN(C(=O)C3CCC3)CC2)c(C)c1C. The Labute approximate surface area is 162 Å². The highest BCUT2D eigenvalue weighted by Gasteiger charge is 2.31. The largest absolute Gasteiger partial charge is 0.496 e. The molecule has 2 aliphatic rings. The fraction of sp³-hybridized carbons (Fsp3) is 0.636. The van der Waals surface area contributed by atoms with Crippen molar-refractivity contribution in [1.29, 1.82) is 0 Å². The van der Waals surface area contributed by atoms with Gasteiger partial charge in [0.1, 0.15) is 5.75 Å². The van der Waals surface area contributed by atoms with Crippen LogP contribution >= 0.6 is 0 Å². The minimum atomic E-state index is 0.153. The van der Waals surface area contributed by atoms with Crippen LogP contribution < -0.4 is 4.74 Å². The molecule has 148 valence electrons. The Balaban J connectivity index is 1.64. The molecule has 0 radical (unpaired) electrons. The standard InChI is InChI=1S/C22H32N2O3/c1-15-13-19(16(2)17(3)21(15)27-4)14-20(25)23-9-6-10-24(12-11-23)22(26)18-7-5-8-18/h13,18H,5-12,14H2,1-4H3. The average Bonchev–Trinajstić information content (AvgIpc) is 2.84. The van der Waals surface area contributed by atoms with Gasteiger partial charge in [-0.05, 0) is 62.3 Å². The molecule has 2 fully saturated rings. The van der Waals surface area contributed by atoms with Crippen molar-refractivity contribution in [3.8, 4) is 5.75 Å². The van der Waals surface area contributed by atoms with Gasteiger partial charge in [-0.2, -0.15) is 0 Å². The van der Waals surface area contributed by atoms with Crippen LogP contribution in [0, 0.1) is 26.7 Å². The second-order valence-corrected chi connectivity index (χ2v) is 8.00. The Morgan fingerprint density at radius 1 is 1.00 bits per heavy atom. The lowest BCUT2D eigenvalue weighted by molar-refractivity contribution is -0.138. The number of rotatable bonds is 4. The Hall–Kier alpha value is -2.04. The molecule has 0 N–H and O–H groups in total. The fourth-order valence-electron chi connectivity index (χ4n) is 4.22. The molecule has 1 aliphatic carbocycles. The van der Waals surface area contributed by atoms with Crippen LogP contribution in [-0.2, 0) is 16.0 Å². The molecule has 1 aromatic rings. The molecule has 1 saturated carbocycles. The van der Waals surface area contributed by atoms with E-state index in [4.69, 9.17) is 4.74 Å². The number of benzene rings is 1. The third-order valence-electron chi connectivity index (χ3n) is 6.29. The second-order valence-electron chi connectivity index (χ2n) is 8.00. The summed E-state index contributed by atoms with van der Waals surface area (Å²) in [4.78, 5) is 29.3. The maximum Gasteiger partial charge on any atom is 0.227 e. The summed E-state index contributed by atoms with van der Waals surface area (Å²) in [7, 11) is 1.69. The molecule has 27 heavy (non-hydrogen) atoms. The van der Waals surface area contributed by atoms with Crippen LogP contribution in [0.15, 0.2) is 6.07 Å². The lowest BCUT2D eigenvalue weighted by Crippen LogP contribution is -2.41. The maximum atomic E-state index is 12.9. The Bertz CT molecular complexity index is 725. The van der Waals surface area contributed by atoms with Crippen LogP contribution in [0.1, 0.15) is 47.9 Å². The minimum Gasteiger partial charge on any atom is -0.496 e. The van der Waals surface area contributed by atoms with Crippen LogP contribution in [0.5, 0.6) is 5.75 Å². The van der Waals surface area contributed by atoms with Gasteiger partial charge in [-0.25, -0.2) is 0 Å². The fourth-order valence-corrected chi connectivity index (χ4v) is 4.22. The summed E-state index contributed by atoms with van der Waals surface area (Å²) in [5.74, 6) is 1.59.